The molecule has 2 aromatic rings. The molecule has 0 bridgehead atoms. The molecule has 0 spiro atoms. The van der Waals surface area contributed by atoms with Crippen molar-refractivity contribution in [1.82, 2.24) is 10.2 Å². The van der Waals surface area contributed by atoms with E-state index in [0.29, 0.717) is 18.0 Å². The summed E-state index contributed by atoms with van der Waals surface area (Å²) >= 11 is 0. The van der Waals surface area contributed by atoms with Crippen molar-refractivity contribution < 1.29 is 9.90 Å². The van der Waals surface area contributed by atoms with Crippen LogP contribution < -0.4 is 11.1 Å². The van der Waals surface area contributed by atoms with Gasteiger partial charge in [0, 0.05) is 12.1 Å². The number of carbonyl (C=O) groups is 1. The Morgan fingerprint density at radius 1 is 1.19 bits per heavy atom. The third-order valence-electron chi connectivity index (χ3n) is 5.35. The van der Waals surface area contributed by atoms with Crippen LogP contribution >= 0.6 is 0 Å². The van der Waals surface area contributed by atoms with Crippen molar-refractivity contribution in [1.29, 1.82) is 10.8 Å². The monoisotopic (exact) mass is 423 g/mol. The van der Waals surface area contributed by atoms with Gasteiger partial charge in [0.05, 0.1) is 5.56 Å². The maximum absolute atomic E-state index is 11.6. The molecule has 0 atom stereocenters. The van der Waals surface area contributed by atoms with Gasteiger partial charge < -0.3 is 26.5 Å². The molecule has 6 N–H and O–H groups in total. The zero-order chi connectivity index (χ0) is 22.8. The first kappa shape index (κ1) is 24.2. The summed E-state index contributed by atoms with van der Waals surface area (Å²) in [5.41, 5.74) is 9.09. The number of hydrogen-bond donors (Lipinski definition) is 5. The van der Waals surface area contributed by atoms with Crippen molar-refractivity contribution in [2.75, 3.05) is 26.7 Å². The number of carboxylic acid groups (broad SMARTS) is 1. The highest BCUT2D eigenvalue weighted by Gasteiger charge is 2.16. The van der Waals surface area contributed by atoms with Crippen LogP contribution in [0.1, 0.15) is 41.3 Å². The lowest BCUT2D eigenvalue weighted by Gasteiger charge is -2.29. The van der Waals surface area contributed by atoms with Gasteiger partial charge in [-0.15, -0.1) is 0 Å². The standard InChI is InChI=1S/C22H28N4O2.C2H5N/c1-26-7-5-15(6-8-26)13-25-14-16-9-19(12-20(10-16)22(27)28)17-3-2-4-18(11-17)21(23)24;1-2-3/h2-4,9-12,15,25H,5-8,13-14H2,1H3,(H3,23,24)(H,27,28);2-3H,1H3. The Balaban J connectivity index is 0.00000107. The number of amidine groups is 1. The molecule has 0 aliphatic carbocycles. The lowest BCUT2D eigenvalue weighted by atomic mass is 9.96. The summed E-state index contributed by atoms with van der Waals surface area (Å²) in [7, 11) is 2.16. The second-order valence-corrected chi connectivity index (χ2v) is 7.88. The summed E-state index contributed by atoms with van der Waals surface area (Å²) in [6.07, 6.45) is 3.64. The molecule has 7 heteroatoms. The summed E-state index contributed by atoms with van der Waals surface area (Å²) in [5.74, 6) is -0.275. The summed E-state index contributed by atoms with van der Waals surface area (Å²) in [6.45, 7) is 5.52. The predicted octanol–water partition coefficient (Wildman–Crippen LogP) is 3.42. The number of nitrogen functional groups attached to an aromatic ring is 1. The Bertz CT molecular complexity index is 905. The van der Waals surface area contributed by atoms with Crippen LogP contribution in [-0.2, 0) is 6.54 Å². The van der Waals surface area contributed by atoms with Crippen LogP contribution in [0.15, 0.2) is 42.5 Å². The molecule has 166 valence electrons. The first-order valence-electron chi connectivity index (χ1n) is 10.5. The third-order valence-corrected chi connectivity index (χ3v) is 5.35. The van der Waals surface area contributed by atoms with E-state index in [9.17, 15) is 9.90 Å². The van der Waals surface area contributed by atoms with Crippen LogP contribution in [0.5, 0.6) is 0 Å². The molecule has 1 heterocycles. The molecule has 0 aromatic heterocycles. The number of likely N-dealkylation sites (tertiary alicyclic amines) is 1. The fourth-order valence-corrected chi connectivity index (χ4v) is 3.64. The van der Waals surface area contributed by atoms with Gasteiger partial charge in [-0.1, -0.05) is 18.2 Å². The lowest BCUT2D eigenvalue weighted by molar-refractivity contribution is 0.0696. The van der Waals surface area contributed by atoms with E-state index in [0.717, 1.165) is 36.3 Å². The van der Waals surface area contributed by atoms with Gasteiger partial charge in [0.15, 0.2) is 0 Å². The van der Waals surface area contributed by atoms with E-state index < -0.39 is 5.97 Å². The average molecular weight is 424 g/mol. The number of nitrogens with two attached hydrogens (primary N) is 1. The highest BCUT2D eigenvalue weighted by atomic mass is 16.4. The molecule has 7 nitrogen and oxygen atoms in total. The minimum absolute atomic E-state index is 0.00347. The fourth-order valence-electron chi connectivity index (χ4n) is 3.64. The smallest absolute Gasteiger partial charge is 0.335 e. The van der Waals surface area contributed by atoms with Crippen LogP contribution in [0, 0.1) is 16.7 Å². The maximum Gasteiger partial charge on any atom is 0.335 e. The largest absolute Gasteiger partial charge is 0.478 e. The Labute approximate surface area is 184 Å². The highest BCUT2D eigenvalue weighted by molar-refractivity contribution is 5.96. The van der Waals surface area contributed by atoms with E-state index >= 15 is 0 Å². The number of nitrogens with zero attached hydrogens (tertiary/aromatic N) is 1. The van der Waals surface area contributed by atoms with Crippen LogP contribution in [0.25, 0.3) is 11.1 Å². The van der Waals surface area contributed by atoms with Gasteiger partial charge in [-0.05, 0) is 99.5 Å². The number of rotatable bonds is 7. The first-order chi connectivity index (χ1) is 14.8. The average Bonchev–Trinajstić information content (AvgIpc) is 2.75. The normalized spacial score (nSPS) is 14.4. The molecular formula is C24H33N5O2. The number of nitrogens with one attached hydrogen (secondary N) is 3. The second kappa shape index (κ2) is 12.0. The number of aromatic carboxylic acids is 1. The Morgan fingerprint density at radius 3 is 2.45 bits per heavy atom. The number of benzene rings is 2. The van der Waals surface area contributed by atoms with Crippen LogP contribution in [0.3, 0.4) is 0 Å². The number of piperidine rings is 1. The molecule has 1 aliphatic heterocycles. The van der Waals surface area contributed by atoms with E-state index in [1.165, 1.54) is 19.1 Å². The van der Waals surface area contributed by atoms with Crippen molar-refractivity contribution in [3.63, 3.8) is 0 Å². The minimum Gasteiger partial charge on any atom is -0.478 e. The van der Waals surface area contributed by atoms with Crippen LogP contribution in [0.4, 0.5) is 0 Å². The zero-order valence-corrected chi connectivity index (χ0v) is 18.3. The van der Waals surface area contributed by atoms with Crippen molar-refractivity contribution in [3.05, 3.63) is 59.2 Å². The summed E-state index contributed by atoms with van der Waals surface area (Å²) < 4.78 is 0. The number of carboxylic acids is 1. The van der Waals surface area contributed by atoms with Crippen molar-refractivity contribution >= 4 is 18.0 Å². The Morgan fingerprint density at radius 2 is 1.84 bits per heavy atom. The van der Waals surface area contributed by atoms with Gasteiger partial charge in [0.2, 0.25) is 0 Å². The maximum atomic E-state index is 11.6. The molecule has 1 saturated heterocycles. The predicted molar refractivity (Wildman–Crippen MR) is 126 cm³/mol. The van der Waals surface area contributed by atoms with E-state index in [2.05, 4.69) is 17.3 Å². The summed E-state index contributed by atoms with van der Waals surface area (Å²) in [4.78, 5) is 13.9. The van der Waals surface area contributed by atoms with Gasteiger partial charge in [-0.2, -0.15) is 0 Å². The van der Waals surface area contributed by atoms with Crippen molar-refractivity contribution in [3.8, 4) is 11.1 Å². The van der Waals surface area contributed by atoms with Gasteiger partial charge in [-0.25, -0.2) is 4.79 Å². The molecule has 0 unspecified atom stereocenters. The molecular weight excluding hydrogens is 390 g/mol. The lowest BCUT2D eigenvalue weighted by Crippen LogP contribution is -2.34. The molecule has 0 amide bonds. The second-order valence-electron chi connectivity index (χ2n) is 7.88. The molecule has 1 fully saturated rings. The van der Waals surface area contributed by atoms with E-state index in [4.69, 9.17) is 16.6 Å². The van der Waals surface area contributed by atoms with Gasteiger partial charge in [-0.3, -0.25) is 5.41 Å². The molecule has 1 aliphatic rings. The van der Waals surface area contributed by atoms with E-state index in [1.54, 1.807) is 25.1 Å². The third kappa shape index (κ3) is 7.62. The molecule has 0 radical (unpaired) electrons. The Hall–Kier alpha value is -3.03. The Kier molecular flexibility index (Phi) is 9.37. The zero-order valence-electron chi connectivity index (χ0n) is 18.3. The first-order valence-corrected chi connectivity index (χ1v) is 10.5. The van der Waals surface area contributed by atoms with Crippen LogP contribution in [-0.4, -0.2) is 54.7 Å². The topological polar surface area (TPSA) is 126 Å². The van der Waals surface area contributed by atoms with Crippen molar-refractivity contribution in [2.45, 2.75) is 26.3 Å². The molecule has 31 heavy (non-hydrogen) atoms. The van der Waals surface area contributed by atoms with Crippen molar-refractivity contribution in [2.24, 2.45) is 11.7 Å². The van der Waals surface area contributed by atoms with Gasteiger partial charge in [0.25, 0.3) is 0 Å². The SMILES string of the molecule is CC=N.CN1CCC(CNCc2cc(C(=O)O)cc(-c3cccc(C(=N)N)c3)c2)CC1. The quantitative estimate of drug-likeness (QED) is 0.344. The van der Waals surface area contributed by atoms with Gasteiger partial charge >= 0.3 is 5.97 Å². The van der Waals surface area contributed by atoms with Crippen LogP contribution in [0.2, 0.25) is 0 Å². The fraction of sp³-hybridized carbons (Fsp3) is 0.375. The molecule has 3 rings (SSSR count). The summed E-state index contributed by atoms with van der Waals surface area (Å²) in [6, 6.07) is 12.7. The number of hydrogen-bond acceptors (Lipinski definition) is 5. The van der Waals surface area contributed by atoms with E-state index in [-0.39, 0.29) is 11.4 Å². The summed E-state index contributed by atoms with van der Waals surface area (Å²) in [5, 5.41) is 26.7. The van der Waals surface area contributed by atoms with Gasteiger partial charge in [0.1, 0.15) is 5.84 Å². The molecule has 2 aromatic carbocycles. The minimum atomic E-state index is -0.943. The molecule has 0 saturated carbocycles. The highest BCUT2D eigenvalue weighted by Crippen LogP contribution is 2.24. The van der Waals surface area contributed by atoms with E-state index in [1.807, 2.05) is 24.3 Å².